The molecule has 0 saturated heterocycles. The summed E-state index contributed by atoms with van der Waals surface area (Å²) >= 11 is 1.44. The van der Waals surface area contributed by atoms with Crippen LogP contribution >= 0.6 is 11.3 Å². The van der Waals surface area contributed by atoms with Crippen LogP contribution < -0.4 is 0 Å². The largest absolute Gasteiger partial charge is 0.457 e. The molecule has 3 saturated carbocycles. The maximum Gasteiger partial charge on any atom is 0.311 e. The number of fused-ring (bicyclic) bond motifs is 5. The maximum absolute atomic E-state index is 13.9. The van der Waals surface area contributed by atoms with Gasteiger partial charge in [-0.3, -0.25) is 19.2 Å². The summed E-state index contributed by atoms with van der Waals surface area (Å²) in [6, 6.07) is 3.69. The summed E-state index contributed by atoms with van der Waals surface area (Å²) in [6.07, 6.45) is 7.57. The average molecular weight is 541 g/mol. The van der Waals surface area contributed by atoms with Crippen molar-refractivity contribution in [2.45, 2.75) is 77.4 Å². The first-order chi connectivity index (χ1) is 18.0. The van der Waals surface area contributed by atoms with E-state index in [2.05, 4.69) is 6.92 Å². The van der Waals surface area contributed by atoms with Crippen LogP contribution in [0.1, 0.15) is 64.2 Å². The number of ether oxygens (including phenoxy) is 2. The second-order valence-corrected chi connectivity index (χ2v) is 12.8. The quantitative estimate of drug-likeness (QED) is 0.512. The predicted octanol–water partition coefficient (Wildman–Crippen LogP) is 4.37. The van der Waals surface area contributed by atoms with E-state index in [0.29, 0.717) is 12.8 Å². The zero-order valence-corrected chi connectivity index (χ0v) is 23.1. The van der Waals surface area contributed by atoms with Crippen molar-refractivity contribution in [2.24, 2.45) is 28.6 Å². The molecule has 0 amide bonds. The lowest BCUT2D eigenvalue weighted by Gasteiger charge is -2.59. The Morgan fingerprint density at radius 2 is 1.97 bits per heavy atom. The monoisotopic (exact) mass is 540 g/mol. The summed E-state index contributed by atoms with van der Waals surface area (Å²) in [7, 11) is 0. The molecule has 0 radical (unpaired) electrons. The Balaban J connectivity index is 1.43. The number of aliphatic hydroxyl groups excluding tert-OH is 1. The highest BCUT2D eigenvalue weighted by molar-refractivity contribution is 7.10. The van der Waals surface area contributed by atoms with E-state index in [-0.39, 0.29) is 42.8 Å². The maximum atomic E-state index is 13.9. The molecule has 1 aromatic heterocycles. The lowest BCUT2D eigenvalue weighted by Crippen LogP contribution is -2.63. The Labute approximate surface area is 227 Å². The highest BCUT2D eigenvalue weighted by atomic mass is 32.1. The van der Waals surface area contributed by atoms with Crippen molar-refractivity contribution in [3.63, 3.8) is 0 Å². The van der Waals surface area contributed by atoms with Gasteiger partial charge in [-0.2, -0.15) is 0 Å². The number of hydrogen-bond donors (Lipinski definition) is 1. The summed E-state index contributed by atoms with van der Waals surface area (Å²) in [6.45, 7) is 5.28. The van der Waals surface area contributed by atoms with Crippen LogP contribution in [0.4, 0.5) is 0 Å². The van der Waals surface area contributed by atoms with Crippen molar-refractivity contribution in [3.8, 4) is 0 Å². The molecule has 4 aliphatic carbocycles. The molecule has 0 aromatic carbocycles. The molecule has 4 aliphatic rings. The Morgan fingerprint density at radius 3 is 2.68 bits per heavy atom. The van der Waals surface area contributed by atoms with Gasteiger partial charge in [-0.15, -0.1) is 11.3 Å². The summed E-state index contributed by atoms with van der Waals surface area (Å²) in [4.78, 5) is 52.0. The standard InChI is InChI=1S/C30H36O7S/c1-4-25(34)37-30(24(33)17-36-26(35)15-20-6-5-13-38-20)12-10-22-21-8-7-18-14-19(31)9-11-28(18,2)27(21)23(32)16-29(22,30)3/h5-6,9,11,13-14,21-23,27,32H,4,7-8,10,12,15-17H2,1-3H3/t21-,22-,23-,27+,28-,29-,30+/m0/s1. The third kappa shape index (κ3) is 4.20. The predicted molar refractivity (Wildman–Crippen MR) is 141 cm³/mol. The van der Waals surface area contributed by atoms with Gasteiger partial charge in [-0.05, 0) is 67.5 Å². The van der Waals surface area contributed by atoms with E-state index in [0.717, 1.165) is 23.3 Å². The van der Waals surface area contributed by atoms with Gasteiger partial charge in [0.15, 0.2) is 18.0 Å². The molecule has 1 aromatic rings. The first kappa shape index (κ1) is 27.0. The smallest absolute Gasteiger partial charge is 0.311 e. The normalized spacial score (nSPS) is 37.5. The molecule has 7 atom stereocenters. The summed E-state index contributed by atoms with van der Waals surface area (Å²) in [5, 5.41) is 13.5. The van der Waals surface area contributed by atoms with Crippen molar-refractivity contribution < 1.29 is 33.8 Å². The molecule has 0 unspecified atom stereocenters. The Kier molecular flexibility index (Phi) is 7.01. The molecule has 3 fully saturated rings. The lowest BCUT2D eigenvalue weighted by atomic mass is 9.46. The number of allylic oxidation sites excluding steroid dienone is 4. The molecule has 5 rings (SSSR count). The molecule has 38 heavy (non-hydrogen) atoms. The number of carbonyl (C=O) groups excluding carboxylic acids is 4. The highest BCUT2D eigenvalue weighted by Gasteiger charge is 2.70. The number of hydrogen-bond acceptors (Lipinski definition) is 8. The molecule has 1 heterocycles. The molecular formula is C30H36O7S. The summed E-state index contributed by atoms with van der Waals surface area (Å²) in [5.74, 6) is -1.37. The molecule has 0 spiro atoms. The topological polar surface area (TPSA) is 107 Å². The van der Waals surface area contributed by atoms with Crippen LogP contribution in [0.2, 0.25) is 0 Å². The fourth-order valence-electron chi connectivity index (χ4n) is 8.13. The van der Waals surface area contributed by atoms with E-state index in [1.165, 1.54) is 11.3 Å². The van der Waals surface area contributed by atoms with Gasteiger partial charge in [0.2, 0.25) is 5.78 Å². The van der Waals surface area contributed by atoms with E-state index < -0.39 is 46.9 Å². The van der Waals surface area contributed by atoms with Crippen LogP contribution in [0, 0.1) is 28.6 Å². The van der Waals surface area contributed by atoms with Crippen molar-refractivity contribution >= 4 is 34.8 Å². The van der Waals surface area contributed by atoms with E-state index in [4.69, 9.17) is 9.47 Å². The van der Waals surface area contributed by atoms with Crippen LogP contribution in [0.5, 0.6) is 0 Å². The molecule has 7 nitrogen and oxygen atoms in total. The molecule has 204 valence electrons. The average Bonchev–Trinajstić information content (AvgIpc) is 3.48. The number of thiophene rings is 1. The lowest BCUT2D eigenvalue weighted by molar-refractivity contribution is -0.201. The number of carbonyl (C=O) groups is 4. The first-order valence-corrected chi connectivity index (χ1v) is 14.5. The second-order valence-electron chi connectivity index (χ2n) is 11.7. The van der Waals surface area contributed by atoms with Gasteiger partial charge in [-0.1, -0.05) is 38.5 Å². The fourth-order valence-corrected chi connectivity index (χ4v) is 8.82. The zero-order chi connectivity index (χ0) is 27.3. The second kappa shape index (κ2) is 9.87. The summed E-state index contributed by atoms with van der Waals surface area (Å²) in [5.41, 5.74) is -1.63. The molecule has 0 aliphatic heterocycles. The van der Waals surface area contributed by atoms with Gasteiger partial charge >= 0.3 is 11.9 Å². The van der Waals surface area contributed by atoms with Crippen molar-refractivity contribution in [3.05, 3.63) is 46.2 Å². The van der Waals surface area contributed by atoms with Gasteiger partial charge in [0.05, 0.1) is 12.5 Å². The molecular weight excluding hydrogens is 504 g/mol. The van der Waals surface area contributed by atoms with E-state index >= 15 is 0 Å². The van der Waals surface area contributed by atoms with Crippen molar-refractivity contribution in [2.75, 3.05) is 6.61 Å². The number of aliphatic hydroxyl groups is 1. The van der Waals surface area contributed by atoms with Gasteiger partial charge in [0.1, 0.15) is 0 Å². The number of esters is 2. The van der Waals surface area contributed by atoms with E-state index in [1.807, 2.05) is 30.5 Å². The van der Waals surface area contributed by atoms with Gasteiger partial charge in [-0.25, -0.2) is 0 Å². The van der Waals surface area contributed by atoms with Crippen LogP contribution in [0.25, 0.3) is 0 Å². The third-order valence-corrected chi connectivity index (χ3v) is 10.8. The minimum absolute atomic E-state index is 0.0170. The fraction of sp³-hybridized carbons (Fsp3) is 0.600. The molecule has 1 N–H and O–H groups in total. The highest BCUT2D eigenvalue weighted by Crippen LogP contribution is 2.68. The summed E-state index contributed by atoms with van der Waals surface area (Å²) < 4.78 is 11.4. The number of Topliss-reactive ketones (excluding diaryl/α,β-unsaturated/α-hetero) is 1. The van der Waals surface area contributed by atoms with Crippen LogP contribution in [-0.2, 0) is 35.1 Å². The minimum Gasteiger partial charge on any atom is -0.457 e. The van der Waals surface area contributed by atoms with E-state index in [1.54, 1.807) is 19.1 Å². The number of rotatable bonds is 7. The van der Waals surface area contributed by atoms with Gasteiger partial charge in [0.25, 0.3) is 0 Å². The molecule has 0 bridgehead atoms. The van der Waals surface area contributed by atoms with E-state index in [9.17, 15) is 24.3 Å². The Bertz CT molecular complexity index is 1200. The van der Waals surface area contributed by atoms with Crippen molar-refractivity contribution in [1.29, 1.82) is 0 Å². The Hall–Kier alpha value is -2.58. The third-order valence-electron chi connectivity index (χ3n) is 9.91. The number of ketones is 2. The van der Waals surface area contributed by atoms with Crippen LogP contribution in [-0.4, -0.2) is 46.9 Å². The van der Waals surface area contributed by atoms with Crippen LogP contribution in [0.15, 0.2) is 41.3 Å². The van der Waals surface area contributed by atoms with Gasteiger partial charge < -0.3 is 14.6 Å². The minimum atomic E-state index is -1.46. The first-order valence-electron chi connectivity index (χ1n) is 13.6. The zero-order valence-electron chi connectivity index (χ0n) is 22.2. The molecule has 8 heteroatoms. The van der Waals surface area contributed by atoms with Gasteiger partial charge in [0, 0.05) is 28.0 Å². The SMILES string of the molecule is CCC(=O)O[C@@]1(C(=O)COC(=O)Cc2cccs2)CC[C@H]2[C@@H]3CCC4=CC(=O)C=C[C@]4(C)[C@H]3[C@@H](O)C[C@@]21C. The Morgan fingerprint density at radius 1 is 1.18 bits per heavy atom. The van der Waals surface area contributed by atoms with Crippen molar-refractivity contribution in [1.82, 2.24) is 0 Å². The van der Waals surface area contributed by atoms with Crippen LogP contribution in [0.3, 0.4) is 0 Å².